The molecule has 2 aromatic carbocycles. The molecule has 1 fully saturated rings. The number of hydrogen-bond donors (Lipinski definition) is 0. The fourth-order valence-corrected chi connectivity index (χ4v) is 2.81. The predicted octanol–water partition coefficient (Wildman–Crippen LogP) is 2.94. The normalized spacial score (nSPS) is 15.1. The van der Waals surface area contributed by atoms with E-state index < -0.39 is 11.6 Å². The van der Waals surface area contributed by atoms with Gasteiger partial charge in [0.15, 0.2) is 11.6 Å². The number of rotatable bonds is 5. The van der Waals surface area contributed by atoms with Crippen molar-refractivity contribution in [3.63, 3.8) is 0 Å². The van der Waals surface area contributed by atoms with Gasteiger partial charge >= 0.3 is 0 Å². The van der Waals surface area contributed by atoms with Crippen molar-refractivity contribution in [1.29, 1.82) is 0 Å². The molecule has 0 aromatic heterocycles. The highest BCUT2D eigenvalue weighted by molar-refractivity contribution is 5.94. The molecular weight excluding hydrogens is 345 g/mol. The van der Waals surface area contributed by atoms with E-state index in [1.54, 1.807) is 17.0 Å². The van der Waals surface area contributed by atoms with Crippen molar-refractivity contribution in [2.45, 2.75) is 0 Å². The molecule has 26 heavy (non-hydrogen) atoms. The summed E-state index contributed by atoms with van der Waals surface area (Å²) in [5.41, 5.74) is 0.150. The second-order valence-electron chi connectivity index (χ2n) is 6.07. The molecule has 3 rings (SSSR count). The first-order valence-corrected chi connectivity index (χ1v) is 8.38. The smallest absolute Gasteiger partial charge is 0.254 e. The summed E-state index contributed by atoms with van der Waals surface area (Å²) in [7, 11) is 0. The zero-order chi connectivity index (χ0) is 18.5. The summed E-state index contributed by atoms with van der Waals surface area (Å²) in [6, 6.07) is 9.04. The molecule has 1 saturated heterocycles. The van der Waals surface area contributed by atoms with Crippen LogP contribution in [0.25, 0.3) is 0 Å². The van der Waals surface area contributed by atoms with E-state index in [4.69, 9.17) is 4.74 Å². The van der Waals surface area contributed by atoms with E-state index in [2.05, 4.69) is 4.90 Å². The van der Waals surface area contributed by atoms with Gasteiger partial charge in [0.25, 0.3) is 5.91 Å². The summed E-state index contributed by atoms with van der Waals surface area (Å²) in [4.78, 5) is 16.1. The van der Waals surface area contributed by atoms with Crippen molar-refractivity contribution in [2.24, 2.45) is 0 Å². The molecule has 1 amide bonds. The van der Waals surface area contributed by atoms with Gasteiger partial charge in [-0.05, 0) is 42.5 Å². The van der Waals surface area contributed by atoms with Crippen LogP contribution in [0.15, 0.2) is 42.5 Å². The molecule has 1 aliphatic rings. The number of carbonyl (C=O) groups excluding carboxylic acids is 1. The van der Waals surface area contributed by atoms with Gasteiger partial charge in [-0.25, -0.2) is 13.2 Å². The van der Waals surface area contributed by atoms with Crippen LogP contribution in [0.3, 0.4) is 0 Å². The van der Waals surface area contributed by atoms with E-state index in [1.165, 1.54) is 18.2 Å². The number of ether oxygens (including phenoxy) is 1. The molecule has 1 aliphatic heterocycles. The Morgan fingerprint density at radius 1 is 0.923 bits per heavy atom. The summed E-state index contributed by atoms with van der Waals surface area (Å²) in [5, 5.41) is 0. The Morgan fingerprint density at radius 3 is 2.27 bits per heavy atom. The maximum absolute atomic E-state index is 13.3. The van der Waals surface area contributed by atoms with Gasteiger partial charge in [-0.3, -0.25) is 9.69 Å². The molecule has 0 aliphatic carbocycles. The number of hydrogen-bond acceptors (Lipinski definition) is 3. The average molecular weight is 364 g/mol. The molecular formula is C19H19F3N2O2. The van der Waals surface area contributed by atoms with Crippen molar-refractivity contribution in [1.82, 2.24) is 9.80 Å². The van der Waals surface area contributed by atoms with E-state index >= 15 is 0 Å². The van der Waals surface area contributed by atoms with Gasteiger partial charge in [0.1, 0.15) is 18.2 Å². The number of benzene rings is 2. The van der Waals surface area contributed by atoms with E-state index in [9.17, 15) is 18.0 Å². The van der Waals surface area contributed by atoms with Crippen molar-refractivity contribution >= 4 is 5.91 Å². The van der Waals surface area contributed by atoms with Crippen LogP contribution in [0.4, 0.5) is 13.2 Å². The quantitative estimate of drug-likeness (QED) is 0.818. The van der Waals surface area contributed by atoms with Crippen molar-refractivity contribution < 1.29 is 22.7 Å². The highest BCUT2D eigenvalue weighted by Gasteiger charge is 2.22. The van der Waals surface area contributed by atoms with Crippen LogP contribution in [0, 0.1) is 17.5 Å². The highest BCUT2D eigenvalue weighted by atomic mass is 19.2. The zero-order valence-electron chi connectivity index (χ0n) is 14.1. The van der Waals surface area contributed by atoms with E-state index in [-0.39, 0.29) is 17.3 Å². The summed E-state index contributed by atoms with van der Waals surface area (Å²) < 4.78 is 44.7. The maximum atomic E-state index is 13.3. The van der Waals surface area contributed by atoms with Crippen LogP contribution in [-0.4, -0.2) is 55.0 Å². The van der Waals surface area contributed by atoms with Gasteiger partial charge in [0.2, 0.25) is 0 Å². The van der Waals surface area contributed by atoms with Gasteiger partial charge in [0.05, 0.1) is 0 Å². The molecule has 7 heteroatoms. The lowest BCUT2D eigenvalue weighted by atomic mass is 10.1. The Bertz CT molecular complexity index is 760. The predicted molar refractivity (Wildman–Crippen MR) is 90.6 cm³/mol. The second-order valence-corrected chi connectivity index (χ2v) is 6.07. The number of carbonyl (C=O) groups is 1. The van der Waals surface area contributed by atoms with Crippen molar-refractivity contribution in [3.8, 4) is 5.75 Å². The van der Waals surface area contributed by atoms with Crippen LogP contribution in [0.5, 0.6) is 5.75 Å². The van der Waals surface area contributed by atoms with Crippen molar-refractivity contribution in [3.05, 3.63) is 65.5 Å². The molecule has 0 N–H and O–H groups in total. The number of nitrogens with zero attached hydrogens (tertiary/aromatic N) is 2. The summed E-state index contributed by atoms with van der Waals surface area (Å²) in [6.45, 7) is 3.50. The minimum atomic E-state index is -1.02. The lowest BCUT2D eigenvalue weighted by Crippen LogP contribution is -2.49. The van der Waals surface area contributed by atoms with Gasteiger partial charge in [-0.2, -0.15) is 0 Å². The van der Waals surface area contributed by atoms with Gasteiger partial charge in [-0.15, -0.1) is 0 Å². The second kappa shape index (κ2) is 8.23. The Hall–Kier alpha value is -2.54. The summed E-state index contributed by atoms with van der Waals surface area (Å²) >= 11 is 0. The lowest BCUT2D eigenvalue weighted by Gasteiger charge is -2.34. The molecule has 0 atom stereocenters. The first kappa shape index (κ1) is 18.3. The number of piperazine rings is 1. The molecule has 1 heterocycles. The molecule has 0 saturated carbocycles. The molecule has 2 aromatic rings. The molecule has 0 unspecified atom stereocenters. The Labute approximate surface area is 149 Å². The van der Waals surface area contributed by atoms with Crippen LogP contribution in [0.2, 0.25) is 0 Å². The van der Waals surface area contributed by atoms with Gasteiger partial charge in [-0.1, -0.05) is 0 Å². The SMILES string of the molecule is O=C(c1ccc(F)c(F)c1)N1CCN(CCOc2ccc(F)cc2)CC1. The first-order chi connectivity index (χ1) is 12.5. The fraction of sp³-hybridized carbons (Fsp3) is 0.316. The largest absolute Gasteiger partial charge is 0.492 e. The van der Waals surface area contributed by atoms with Gasteiger partial charge in [0, 0.05) is 38.3 Å². The fourth-order valence-electron chi connectivity index (χ4n) is 2.81. The number of amides is 1. The molecule has 0 radical (unpaired) electrons. The maximum Gasteiger partial charge on any atom is 0.254 e. The van der Waals surface area contributed by atoms with Crippen LogP contribution < -0.4 is 4.74 Å². The summed E-state index contributed by atoms with van der Waals surface area (Å²) in [6.07, 6.45) is 0. The molecule has 0 bridgehead atoms. The van der Waals surface area contributed by atoms with E-state index in [0.717, 1.165) is 12.1 Å². The monoisotopic (exact) mass is 364 g/mol. The lowest BCUT2D eigenvalue weighted by molar-refractivity contribution is 0.0619. The third-order valence-electron chi connectivity index (χ3n) is 4.32. The molecule has 138 valence electrons. The van der Waals surface area contributed by atoms with Crippen LogP contribution in [-0.2, 0) is 0 Å². The Morgan fingerprint density at radius 2 is 1.62 bits per heavy atom. The summed E-state index contributed by atoms with van der Waals surface area (Å²) in [5.74, 6) is -1.98. The Kier molecular flexibility index (Phi) is 5.78. The Balaban J connectivity index is 1.44. The minimum absolute atomic E-state index is 0.150. The standard InChI is InChI=1S/C19H19F3N2O2/c20-15-2-4-16(5-3-15)26-12-11-23-7-9-24(10-8-23)19(25)14-1-6-17(21)18(22)13-14/h1-6,13H,7-12H2. The van der Waals surface area contributed by atoms with E-state index in [0.29, 0.717) is 45.1 Å². The first-order valence-electron chi connectivity index (χ1n) is 8.38. The topological polar surface area (TPSA) is 32.8 Å². The third-order valence-corrected chi connectivity index (χ3v) is 4.32. The zero-order valence-corrected chi connectivity index (χ0v) is 14.1. The van der Waals surface area contributed by atoms with E-state index in [1.807, 2.05) is 0 Å². The number of halogens is 3. The molecule has 0 spiro atoms. The van der Waals surface area contributed by atoms with Crippen LogP contribution in [0.1, 0.15) is 10.4 Å². The van der Waals surface area contributed by atoms with Crippen LogP contribution >= 0.6 is 0 Å². The third kappa shape index (κ3) is 4.54. The minimum Gasteiger partial charge on any atom is -0.492 e. The van der Waals surface area contributed by atoms with Crippen molar-refractivity contribution in [2.75, 3.05) is 39.3 Å². The molecule has 4 nitrogen and oxygen atoms in total. The van der Waals surface area contributed by atoms with Gasteiger partial charge < -0.3 is 9.64 Å². The highest BCUT2D eigenvalue weighted by Crippen LogP contribution is 2.14. The average Bonchev–Trinajstić information content (AvgIpc) is 2.65.